The molecule has 2 rings (SSSR count). The van der Waals surface area contributed by atoms with Crippen LogP contribution in [0.4, 0.5) is 4.39 Å². The summed E-state index contributed by atoms with van der Waals surface area (Å²) in [5.41, 5.74) is 0.0519. The first-order chi connectivity index (χ1) is 9.10. The fraction of sp³-hybridized carbons (Fsp3) is 0. The van der Waals surface area contributed by atoms with Crippen LogP contribution in [0.5, 0.6) is 11.6 Å². The number of nitrogens with zero attached hydrogens (tertiary/aromatic N) is 2. The minimum absolute atomic E-state index is 0.0221. The molecule has 19 heavy (non-hydrogen) atoms. The molecule has 0 bridgehead atoms. The number of carbonyl (C=O) groups is 1. The van der Waals surface area contributed by atoms with E-state index in [9.17, 15) is 9.18 Å². The summed E-state index contributed by atoms with van der Waals surface area (Å²) in [5, 5.41) is 17.6. The largest absolute Gasteiger partial charge is 0.478 e. The summed E-state index contributed by atoms with van der Waals surface area (Å²) in [7, 11) is 0. The van der Waals surface area contributed by atoms with Gasteiger partial charge in [-0.25, -0.2) is 14.2 Å². The van der Waals surface area contributed by atoms with Crippen molar-refractivity contribution in [2.24, 2.45) is 0 Å². The lowest BCUT2D eigenvalue weighted by Crippen LogP contribution is -2.01. The van der Waals surface area contributed by atoms with Crippen LogP contribution in [0.2, 0.25) is 0 Å². The molecule has 0 radical (unpaired) electrons. The molecule has 0 aliphatic rings. The third-order valence-electron chi connectivity index (χ3n) is 2.25. The van der Waals surface area contributed by atoms with E-state index in [2.05, 4.69) is 4.98 Å². The van der Waals surface area contributed by atoms with Gasteiger partial charge in [0.15, 0.2) is 0 Å². The molecule has 94 valence electrons. The fourth-order valence-electron chi connectivity index (χ4n) is 1.38. The zero-order valence-electron chi connectivity index (χ0n) is 9.50. The van der Waals surface area contributed by atoms with Gasteiger partial charge in [-0.05, 0) is 24.3 Å². The Balaban J connectivity index is 2.32. The van der Waals surface area contributed by atoms with E-state index in [4.69, 9.17) is 15.1 Å². The lowest BCUT2D eigenvalue weighted by Gasteiger charge is -2.07. The van der Waals surface area contributed by atoms with Gasteiger partial charge in [-0.15, -0.1) is 0 Å². The van der Waals surface area contributed by atoms with E-state index in [-0.39, 0.29) is 17.2 Å². The van der Waals surface area contributed by atoms with E-state index in [1.165, 1.54) is 24.4 Å². The van der Waals surface area contributed by atoms with Crippen molar-refractivity contribution in [3.05, 3.63) is 53.5 Å². The van der Waals surface area contributed by atoms with Gasteiger partial charge in [-0.3, -0.25) is 0 Å². The number of rotatable bonds is 3. The molecule has 0 unspecified atom stereocenters. The first-order valence-electron chi connectivity index (χ1n) is 5.17. The fourth-order valence-corrected chi connectivity index (χ4v) is 1.38. The normalized spacial score (nSPS) is 9.68. The van der Waals surface area contributed by atoms with Crippen LogP contribution >= 0.6 is 0 Å². The van der Waals surface area contributed by atoms with Crippen molar-refractivity contribution < 1.29 is 19.0 Å². The van der Waals surface area contributed by atoms with Crippen LogP contribution in [0.25, 0.3) is 0 Å². The molecule has 0 saturated carbocycles. The second kappa shape index (κ2) is 5.14. The highest BCUT2D eigenvalue weighted by molar-refractivity contribution is 5.90. The van der Waals surface area contributed by atoms with Gasteiger partial charge >= 0.3 is 5.97 Å². The van der Waals surface area contributed by atoms with Crippen LogP contribution in [0.3, 0.4) is 0 Å². The van der Waals surface area contributed by atoms with Crippen LogP contribution in [0.1, 0.15) is 15.9 Å². The Kier molecular flexibility index (Phi) is 3.39. The number of carboxylic acids is 1. The molecule has 0 saturated heterocycles. The maximum absolute atomic E-state index is 13.0. The predicted molar refractivity (Wildman–Crippen MR) is 62.4 cm³/mol. The van der Waals surface area contributed by atoms with Gasteiger partial charge in [0.05, 0.1) is 5.56 Å². The Morgan fingerprint density at radius 1 is 1.37 bits per heavy atom. The molecule has 0 spiro atoms. The Morgan fingerprint density at radius 3 is 2.74 bits per heavy atom. The third kappa shape index (κ3) is 2.84. The molecule has 1 aromatic carbocycles. The van der Waals surface area contributed by atoms with Crippen molar-refractivity contribution in [1.29, 1.82) is 5.26 Å². The third-order valence-corrected chi connectivity index (χ3v) is 2.25. The summed E-state index contributed by atoms with van der Waals surface area (Å²) < 4.78 is 18.2. The van der Waals surface area contributed by atoms with Gasteiger partial charge in [-0.2, -0.15) is 5.26 Å². The molecule has 2 aromatic rings. The highest BCUT2D eigenvalue weighted by atomic mass is 19.1. The summed E-state index contributed by atoms with van der Waals surface area (Å²) in [4.78, 5) is 14.8. The van der Waals surface area contributed by atoms with Gasteiger partial charge in [0, 0.05) is 12.3 Å². The number of hydrogen-bond acceptors (Lipinski definition) is 4. The number of ether oxygens (including phenoxy) is 1. The van der Waals surface area contributed by atoms with Crippen LogP contribution < -0.4 is 4.74 Å². The van der Waals surface area contributed by atoms with Gasteiger partial charge in [0.25, 0.3) is 0 Å². The summed E-state index contributed by atoms with van der Waals surface area (Å²) in [6.45, 7) is 0. The number of halogens is 1. The first-order valence-corrected chi connectivity index (χ1v) is 5.17. The van der Waals surface area contributed by atoms with E-state index in [1.54, 1.807) is 0 Å². The van der Waals surface area contributed by atoms with Crippen molar-refractivity contribution in [3.63, 3.8) is 0 Å². The smallest absolute Gasteiger partial charge is 0.339 e. The van der Waals surface area contributed by atoms with Crippen molar-refractivity contribution in [2.45, 2.75) is 0 Å². The molecule has 1 N–H and O–H groups in total. The molecular weight excluding hydrogens is 251 g/mol. The Labute approximate surface area is 107 Å². The Bertz CT molecular complexity index is 663. The number of hydrogen-bond donors (Lipinski definition) is 1. The zero-order valence-corrected chi connectivity index (χ0v) is 9.50. The van der Waals surface area contributed by atoms with Crippen LogP contribution in [-0.4, -0.2) is 16.1 Å². The average molecular weight is 258 g/mol. The predicted octanol–water partition coefficient (Wildman–Crippen LogP) is 2.58. The summed E-state index contributed by atoms with van der Waals surface area (Å²) >= 11 is 0. The molecule has 5 nitrogen and oxygen atoms in total. The van der Waals surface area contributed by atoms with E-state index >= 15 is 0 Å². The van der Waals surface area contributed by atoms with Gasteiger partial charge in [-0.1, -0.05) is 0 Å². The second-order valence-electron chi connectivity index (χ2n) is 3.54. The van der Waals surface area contributed by atoms with E-state index in [0.717, 1.165) is 12.1 Å². The molecule has 0 aliphatic heterocycles. The average Bonchev–Trinajstić information content (AvgIpc) is 2.41. The quantitative estimate of drug-likeness (QED) is 0.914. The molecule has 0 atom stereocenters. The molecule has 0 amide bonds. The zero-order chi connectivity index (χ0) is 13.8. The summed E-state index contributed by atoms with van der Waals surface area (Å²) in [5.74, 6) is -1.88. The van der Waals surface area contributed by atoms with E-state index < -0.39 is 11.8 Å². The molecular formula is C13H7FN2O3. The van der Waals surface area contributed by atoms with Gasteiger partial charge in [0.2, 0.25) is 5.88 Å². The number of benzene rings is 1. The van der Waals surface area contributed by atoms with Gasteiger partial charge in [0.1, 0.15) is 23.2 Å². The minimum atomic E-state index is -1.30. The number of aromatic nitrogens is 1. The minimum Gasteiger partial charge on any atom is -0.478 e. The van der Waals surface area contributed by atoms with E-state index in [1.807, 2.05) is 6.07 Å². The highest BCUT2D eigenvalue weighted by Crippen LogP contribution is 2.24. The monoisotopic (exact) mass is 258 g/mol. The summed E-state index contributed by atoms with van der Waals surface area (Å²) in [6, 6.07) is 7.95. The lowest BCUT2D eigenvalue weighted by molar-refractivity contribution is 0.0693. The second-order valence-corrected chi connectivity index (χ2v) is 3.54. The first kappa shape index (κ1) is 12.5. The lowest BCUT2D eigenvalue weighted by atomic mass is 10.2. The number of pyridine rings is 1. The maximum atomic E-state index is 13.0. The Morgan fingerprint density at radius 2 is 2.16 bits per heavy atom. The van der Waals surface area contributed by atoms with Crippen LogP contribution in [0, 0.1) is 17.1 Å². The highest BCUT2D eigenvalue weighted by Gasteiger charge is 2.13. The standard InChI is InChI=1S/C13H7FN2O3/c14-9-2-3-11(10(5-9)13(17)18)19-12-4-1-8(6-15)7-16-12/h1-5,7H,(H,17,18). The van der Waals surface area contributed by atoms with Crippen LogP contribution in [0.15, 0.2) is 36.5 Å². The maximum Gasteiger partial charge on any atom is 0.339 e. The van der Waals surface area contributed by atoms with Crippen molar-refractivity contribution in [2.75, 3.05) is 0 Å². The Hall–Kier alpha value is -2.94. The number of nitriles is 1. The van der Waals surface area contributed by atoms with E-state index in [0.29, 0.717) is 5.56 Å². The SMILES string of the molecule is N#Cc1ccc(Oc2ccc(F)cc2C(=O)O)nc1. The molecule has 1 aromatic heterocycles. The van der Waals surface area contributed by atoms with Crippen molar-refractivity contribution >= 4 is 5.97 Å². The number of carboxylic acid groups (broad SMARTS) is 1. The van der Waals surface area contributed by atoms with Crippen LogP contribution in [-0.2, 0) is 0 Å². The summed E-state index contributed by atoms with van der Waals surface area (Å²) in [6.07, 6.45) is 1.29. The molecule has 6 heteroatoms. The molecule has 0 fully saturated rings. The molecule has 0 aliphatic carbocycles. The molecule has 1 heterocycles. The number of aromatic carboxylic acids is 1. The van der Waals surface area contributed by atoms with Crippen molar-refractivity contribution in [3.8, 4) is 17.7 Å². The topological polar surface area (TPSA) is 83.2 Å². The van der Waals surface area contributed by atoms with Gasteiger partial charge < -0.3 is 9.84 Å². The van der Waals surface area contributed by atoms with Crippen molar-refractivity contribution in [1.82, 2.24) is 4.98 Å².